The number of phenolic OH excluding ortho intramolecular Hbond substituents is 1. The Labute approximate surface area is 244 Å². The van der Waals surface area contributed by atoms with Crippen LogP contribution in [0.4, 0.5) is 19.0 Å². The number of phenols is 1. The lowest BCUT2D eigenvalue weighted by Gasteiger charge is -2.30. The van der Waals surface area contributed by atoms with Gasteiger partial charge in [-0.15, -0.1) is 6.42 Å². The van der Waals surface area contributed by atoms with Gasteiger partial charge in [0.05, 0.1) is 29.3 Å². The largest absolute Gasteiger partial charge is 0.508 e. The van der Waals surface area contributed by atoms with Crippen molar-refractivity contribution in [3.63, 3.8) is 0 Å². The predicted octanol–water partition coefficient (Wildman–Crippen LogP) is 5.97. The number of nitrogens with one attached hydrogen (secondary N) is 1. The monoisotopic (exact) mass is 585 g/mol. The molecule has 2 N–H and O–H groups in total. The number of terminal acetylenes is 1. The molecular weight excluding hydrogens is 559 g/mol. The summed E-state index contributed by atoms with van der Waals surface area (Å²) in [6.45, 7) is 1.54. The van der Waals surface area contributed by atoms with Crippen molar-refractivity contribution in [3.05, 3.63) is 71.8 Å². The Kier molecular flexibility index (Phi) is 6.58. The third-order valence-electron chi connectivity index (χ3n) is 8.36. The first kappa shape index (κ1) is 27.0. The highest BCUT2D eigenvalue weighted by molar-refractivity contribution is 6.02. The number of aromatic nitrogens is 3. The molecule has 0 aliphatic carbocycles. The van der Waals surface area contributed by atoms with E-state index in [9.17, 15) is 13.9 Å². The SMILES string of the molecule is C#Cc1c(F)ccc2cc(O)cc(-c3ncc4c(NCc5ccco5)nc(OC[C@@]56CCCN5C[C@H](F)C6)nc4c3F)c12. The predicted molar refractivity (Wildman–Crippen MR) is 154 cm³/mol. The van der Waals surface area contributed by atoms with Crippen molar-refractivity contribution in [2.45, 2.75) is 37.5 Å². The molecule has 3 aromatic heterocycles. The number of hydrogen-bond donors (Lipinski definition) is 2. The maximum absolute atomic E-state index is 16.5. The summed E-state index contributed by atoms with van der Waals surface area (Å²) in [7, 11) is 0. The highest BCUT2D eigenvalue weighted by Gasteiger charge is 2.49. The van der Waals surface area contributed by atoms with Crippen LogP contribution in [0.3, 0.4) is 0 Å². The van der Waals surface area contributed by atoms with Crippen LogP contribution >= 0.6 is 0 Å². The number of hydrogen-bond acceptors (Lipinski definition) is 8. The van der Waals surface area contributed by atoms with Crippen LogP contribution in [0.5, 0.6) is 11.8 Å². The fraction of sp³-hybridized carbons (Fsp3) is 0.281. The van der Waals surface area contributed by atoms with Crippen molar-refractivity contribution in [2.75, 3.05) is 25.0 Å². The zero-order valence-corrected chi connectivity index (χ0v) is 22.9. The van der Waals surface area contributed by atoms with Gasteiger partial charge in [0.2, 0.25) is 0 Å². The third-order valence-corrected chi connectivity index (χ3v) is 8.36. The Balaban J connectivity index is 1.35. The van der Waals surface area contributed by atoms with E-state index in [0.29, 0.717) is 24.1 Å². The first-order chi connectivity index (χ1) is 20.8. The van der Waals surface area contributed by atoms with Crippen molar-refractivity contribution < 1.29 is 27.4 Å². The molecule has 5 heterocycles. The van der Waals surface area contributed by atoms with E-state index in [1.807, 2.05) is 0 Å². The number of pyridine rings is 1. The number of halogens is 3. The van der Waals surface area contributed by atoms with Gasteiger partial charge in [-0.2, -0.15) is 9.97 Å². The highest BCUT2D eigenvalue weighted by Crippen LogP contribution is 2.41. The van der Waals surface area contributed by atoms with Gasteiger partial charge in [0, 0.05) is 30.1 Å². The Morgan fingerprint density at radius 3 is 2.93 bits per heavy atom. The summed E-state index contributed by atoms with van der Waals surface area (Å²) in [5.41, 5.74) is -0.730. The normalized spacial score (nSPS) is 20.0. The molecule has 2 aromatic carbocycles. The molecule has 218 valence electrons. The van der Waals surface area contributed by atoms with Crippen LogP contribution in [0.25, 0.3) is 32.9 Å². The van der Waals surface area contributed by atoms with E-state index in [-0.39, 0.29) is 63.8 Å². The topological polar surface area (TPSA) is 96.5 Å². The van der Waals surface area contributed by atoms with Gasteiger partial charge < -0.3 is 19.6 Å². The van der Waals surface area contributed by atoms with Crippen LogP contribution in [-0.2, 0) is 6.54 Å². The summed E-state index contributed by atoms with van der Waals surface area (Å²) in [5, 5.41) is 14.5. The van der Waals surface area contributed by atoms with Crippen molar-refractivity contribution in [2.24, 2.45) is 0 Å². The van der Waals surface area contributed by atoms with E-state index in [0.717, 1.165) is 19.4 Å². The van der Waals surface area contributed by atoms with Crippen LogP contribution in [-0.4, -0.2) is 56.4 Å². The Morgan fingerprint density at radius 1 is 1.23 bits per heavy atom. The summed E-state index contributed by atoms with van der Waals surface area (Å²) in [6.07, 6.45) is 9.70. The Morgan fingerprint density at radius 2 is 2.12 bits per heavy atom. The lowest BCUT2D eigenvalue weighted by Crippen LogP contribution is -2.43. The molecule has 5 aromatic rings. The summed E-state index contributed by atoms with van der Waals surface area (Å²) in [5.74, 6) is 1.54. The number of anilines is 1. The van der Waals surface area contributed by atoms with Gasteiger partial charge in [-0.25, -0.2) is 13.2 Å². The summed E-state index contributed by atoms with van der Waals surface area (Å²) in [6, 6.07) is 8.78. The van der Waals surface area contributed by atoms with E-state index in [1.165, 1.54) is 36.7 Å². The van der Waals surface area contributed by atoms with Gasteiger partial charge in [-0.3, -0.25) is 9.88 Å². The molecule has 43 heavy (non-hydrogen) atoms. The molecule has 0 unspecified atom stereocenters. The number of benzene rings is 2. The zero-order chi connectivity index (χ0) is 29.7. The number of alkyl halides is 1. The first-order valence-corrected chi connectivity index (χ1v) is 13.9. The smallest absolute Gasteiger partial charge is 0.319 e. The minimum Gasteiger partial charge on any atom is -0.508 e. The second-order valence-electron chi connectivity index (χ2n) is 11.0. The molecule has 8 nitrogen and oxygen atoms in total. The van der Waals surface area contributed by atoms with Gasteiger partial charge in [-0.1, -0.05) is 12.0 Å². The molecule has 0 bridgehead atoms. The van der Waals surface area contributed by atoms with E-state index in [2.05, 4.69) is 31.1 Å². The number of nitrogens with zero attached hydrogens (tertiary/aromatic N) is 4. The molecule has 2 saturated heterocycles. The third kappa shape index (κ3) is 4.68. The van der Waals surface area contributed by atoms with E-state index >= 15 is 4.39 Å². The van der Waals surface area contributed by atoms with E-state index < -0.39 is 23.3 Å². The molecule has 2 aliphatic rings. The second-order valence-corrected chi connectivity index (χ2v) is 11.0. The van der Waals surface area contributed by atoms with Crippen molar-refractivity contribution in [1.82, 2.24) is 19.9 Å². The van der Waals surface area contributed by atoms with Crippen LogP contribution in [0.1, 0.15) is 30.6 Å². The number of furan rings is 1. The molecule has 0 radical (unpaired) electrons. The molecule has 2 fully saturated rings. The van der Waals surface area contributed by atoms with Gasteiger partial charge in [0.25, 0.3) is 0 Å². The summed E-state index contributed by atoms with van der Waals surface area (Å²) in [4.78, 5) is 15.4. The van der Waals surface area contributed by atoms with Crippen molar-refractivity contribution >= 4 is 27.5 Å². The lowest BCUT2D eigenvalue weighted by atomic mass is 9.95. The van der Waals surface area contributed by atoms with Gasteiger partial charge in [0.15, 0.2) is 5.82 Å². The van der Waals surface area contributed by atoms with Crippen molar-refractivity contribution in [3.8, 4) is 35.4 Å². The van der Waals surface area contributed by atoms with E-state index in [4.69, 9.17) is 15.6 Å². The van der Waals surface area contributed by atoms with Crippen LogP contribution in [0, 0.1) is 24.0 Å². The highest BCUT2D eigenvalue weighted by atomic mass is 19.1. The number of rotatable bonds is 7. The fourth-order valence-corrected chi connectivity index (χ4v) is 6.41. The van der Waals surface area contributed by atoms with Crippen molar-refractivity contribution in [1.29, 1.82) is 0 Å². The molecular formula is C32H26F3N5O3. The van der Waals surface area contributed by atoms with E-state index in [1.54, 1.807) is 12.1 Å². The quantitative estimate of drug-likeness (QED) is 0.226. The molecule has 0 saturated carbocycles. The zero-order valence-electron chi connectivity index (χ0n) is 22.9. The van der Waals surface area contributed by atoms with Gasteiger partial charge in [0.1, 0.15) is 47.1 Å². The van der Waals surface area contributed by atoms with Crippen LogP contribution in [0.15, 0.2) is 53.3 Å². The molecule has 0 amide bonds. The molecule has 7 rings (SSSR count). The standard InChI is InChI=1S/C32H26F3N5O3/c1-2-22-25(34)7-6-18-11-20(41)12-23(26(18)22)28-27(35)29-24(15-36-28)30(37-14-21-5-3-10-42-21)39-31(38-29)43-17-32-8-4-9-40(32)16-19(33)13-32/h1,3,5-7,10-12,15,19,41H,4,8-9,13-14,16-17H2,(H,37,38,39)/t19-,32+/m1/s1. The lowest BCUT2D eigenvalue weighted by molar-refractivity contribution is 0.107. The average Bonchev–Trinajstić information content (AvgIpc) is 3.72. The maximum Gasteiger partial charge on any atom is 0.319 e. The molecule has 11 heteroatoms. The minimum absolute atomic E-state index is 0.0792. The Bertz CT molecular complexity index is 1910. The summed E-state index contributed by atoms with van der Waals surface area (Å²) >= 11 is 0. The first-order valence-electron chi connectivity index (χ1n) is 13.9. The fourth-order valence-electron chi connectivity index (χ4n) is 6.41. The summed E-state index contributed by atoms with van der Waals surface area (Å²) < 4.78 is 57.0. The average molecular weight is 586 g/mol. The molecule has 2 atom stereocenters. The Hall–Kier alpha value is -4.82. The van der Waals surface area contributed by atoms with Gasteiger partial charge in [-0.05, 0) is 55.1 Å². The number of aromatic hydroxyl groups is 1. The minimum atomic E-state index is -0.937. The molecule has 2 aliphatic heterocycles. The maximum atomic E-state index is 16.5. The molecule has 0 spiro atoms. The number of fused-ring (bicyclic) bond motifs is 3. The number of ether oxygens (including phenoxy) is 1. The van der Waals surface area contributed by atoms with Crippen LogP contribution in [0.2, 0.25) is 0 Å². The second kappa shape index (κ2) is 10.5. The van der Waals surface area contributed by atoms with Crippen LogP contribution < -0.4 is 10.1 Å². The van der Waals surface area contributed by atoms with Gasteiger partial charge >= 0.3 is 6.01 Å².